The van der Waals surface area contributed by atoms with Crippen LogP contribution in [-0.2, 0) is 5.41 Å². The number of rotatable bonds is 5. The number of halogens is 1. The van der Waals surface area contributed by atoms with Crippen molar-refractivity contribution >= 4 is 28.8 Å². The molecule has 128 valence electrons. The van der Waals surface area contributed by atoms with E-state index < -0.39 is 0 Å². The first-order chi connectivity index (χ1) is 12.0. The van der Waals surface area contributed by atoms with Crippen LogP contribution >= 0.6 is 22.9 Å². The molecule has 0 saturated carbocycles. The zero-order valence-corrected chi connectivity index (χ0v) is 15.4. The Labute approximate surface area is 155 Å². The van der Waals surface area contributed by atoms with E-state index in [1.54, 1.807) is 23.8 Å². The minimum Gasteiger partial charge on any atom is -0.350 e. The van der Waals surface area contributed by atoms with Gasteiger partial charge in [0.1, 0.15) is 5.69 Å². The van der Waals surface area contributed by atoms with E-state index in [4.69, 9.17) is 11.6 Å². The van der Waals surface area contributed by atoms with E-state index in [9.17, 15) is 4.79 Å². The molecule has 0 saturated heterocycles. The maximum absolute atomic E-state index is 12.4. The molecule has 7 heteroatoms. The Balaban J connectivity index is 1.68. The van der Waals surface area contributed by atoms with Gasteiger partial charge in [0.05, 0.1) is 0 Å². The van der Waals surface area contributed by atoms with Gasteiger partial charge in [0.15, 0.2) is 10.8 Å². The van der Waals surface area contributed by atoms with Gasteiger partial charge in [-0.25, -0.2) is 15.0 Å². The van der Waals surface area contributed by atoms with E-state index in [0.29, 0.717) is 28.1 Å². The Bertz CT molecular complexity index is 880. The molecular weight excluding hydrogens is 356 g/mol. The second-order valence-electron chi connectivity index (χ2n) is 6.19. The van der Waals surface area contributed by atoms with E-state index in [2.05, 4.69) is 34.1 Å². The zero-order chi connectivity index (χ0) is 17.9. The molecule has 0 aliphatic carbocycles. The first-order valence-corrected chi connectivity index (χ1v) is 8.99. The Morgan fingerprint density at radius 2 is 2.00 bits per heavy atom. The molecule has 1 aromatic carbocycles. The van der Waals surface area contributed by atoms with Crippen LogP contribution in [0.2, 0.25) is 5.02 Å². The number of carbonyl (C=O) groups is 1. The van der Waals surface area contributed by atoms with Crippen molar-refractivity contribution in [2.24, 2.45) is 0 Å². The summed E-state index contributed by atoms with van der Waals surface area (Å²) in [6.45, 7) is 4.59. The predicted octanol–water partition coefficient (Wildman–Crippen LogP) is 3.96. The summed E-state index contributed by atoms with van der Waals surface area (Å²) in [6.07, 6.45) is 3.30. The van der Waals surface area contributed by atoms with Crippen LogP contribution in [0.3, 0.4) is 0 Å². The Morgan fingerprint density at radius 1 is 1.24 bits per heavy atom. The number of thiazole rings is 1. The van der Waals surface area contributed by atoms with Gasteiger partial charge in [0.2, 0.25) is 0 Å². The molecule has 0 spiro atoms. The largest absolute Gasteiger partial charge is 0.350 e. The van der Waals surface area contributed by atoms with Crippen LogP contribution in [0.5, 0.6) is 0 Å². The van der Waals surface area contributed by atoms with Gasteiger partial charge in [-0.05, 0) is 23.8 Å². The molecule has 0 unspecified atom stereocenters. The number of benzene rings is 1. The van der Waals surface area contributed by atoms with Crippen molar-refractivity contribution in [3.63, 3.8) is 0 Å². The van der Waals surface area contributed by atoms with Crippen molar-refractivity contribution in [2.75, 3.05) is 6.54 Å². The van der Waals surface area contributed by atoms with E-state index in [1.165, 1.54) is 11.3 Å². The van der Waals surface area contributed by atoms with Gasteiger partial charge in [-0.2, -0.15) is 0 Å². The van der Waals surface area contributed by atoms with Crippen molar-refractivity contribution in [3.8, 4) is 10.8 Å². The number of amides is 1. The molecule has 0 aliphatic rings. The molecule has 0 radical (unpaired) electrons. The molecule has 25 heavy (non-hydrogen) atoms. The lowest BCUT2D eigenvalue weighted by atomic mass is 9.84. The number of aromatic nitrogens is 3. The molecule has 0 bridgehead atoms. The minimum absolute atomic E-state index is 0.214. The maximum atomic E-state index is 12.4. The normalized spacial score (nSPS) is 11.3. The molecule has 2 heterocycles. The van der Waals surface area contributed by atoms with Crippen molar-refractivity contribution < 1.29 is 4.79 Å². The quantitative estimate of drug-likeness (QED) is 0.736. The van der Waals surface area contributed by atoms with Crippen LogP contribution in [0.15, 0.2) is 48.1 Å². The maximum Gasteiger partial charge on any atom is 0.270 e. The van der Waals surface area contributed by atoms with Gasteiger partial charge < -0.3 is 5.32 Å². The summed E-state index contributed by atoms with van der Waals surface area (Å²) in [7, 11) is 0. The molecule has 0 aliphatic heterocycles. The monoisotopic (exact) mass is 372 g/mol. The first-order valence-electron chi connectivity index (χ1n) is 7.73. The molecule has 1 amide bonds. The molecule has 0 atom stereocenters. The molecule has 0 fully saturated rings. The molecule has 1 N–H and O–H groups in total. The summed E-state index contributed by atoms with van der Waals surface area (Å²) in [5.74, 6) is 0.305. The molecule has 3 aromatic rings. The highest BCUT2D eigenvalue weighted by atomic mass is 35.5. The fourth-order valence-electron chi connectivity index (χ4n) is 2.29. The van der Waals surface area contributed by atoms with Crippen LogP contribution in [0, 0.1) is 0 Å². The third-order valence-electron chi connectivity index (χ3n) is 3.79. The number of carbonyl (C=O) groups excluding carboxylic acids is 1. The van der Waals surface area contributed by atoms with Crippen LogP contribution in [0.4, 0.5) is 0 Å². The highest BCUT2D eigenvalue weighted by Crippen LogP contribution is 2.25. The Morgan fingerprint density at radius 3 is 2.72 bits per heavy atom. The summed E-state index contributed by atoms with van der Waals surface area (Å²) in [6, 6.07) is 9.41. The third-order valence-corrected chi connectivity index (χ3v) is 4.86. The summed E-state index contributed by atoms with van der Waals surface area (Å²) < 4.78 is 0. The van der Waals surface area contributed by atoms with Crippen molar-refractivity contribution in [2.45, 2.75) is 19.3 Å². The lowest BCUT2D eigenvalue weighted by Crippen LogP contribution is -2.36. The molecular formula is C18H17ClN4OS. The van der Waals surface area contributed by atoms with E-state index in [-0.39, 0.29) is 11.3 Å². The topological polar surface area (TPSA) is 67.8 Å². The van der Waals surface area contributed by atoms with Crippen LogP contribution < -0.4 is 5.32 Å². The SMILES string of the molecule is CC(C)(CNC(=O)c1csc(-c2ncccn2)n1)c1cccc(Cl)c1. The fraction of sp³-hybridized carbons (Fsp3) is 0.222. The van der Waals surface area contributed by atoms with E-state index in [0.717, 1.165) is 5.56 Å². The van der Waals surface area contributed by atoms with E-state index in [1.807, 2.05) is 24.3 Å². The molecule has 5 nitrogen and oxygen atoms in total. The van der Waals surface area contributed by atoms with Gasteiger partial charge in [-0.15, -0.1) is 11.3 Å². The highest BCUT2D eigenvalue weighted by Gasteiger charge is 2.23. The summed E-state index contributed by atoms with van der Waals surface area (Å²) in [4.78, 5) is 25.0. The number of hydrogen-bond donors (Lipinski definition) is 1. The lowest BCUT2D eigenvalue weighted by Gasteiger charge is -2.25. The Hall–Kier alpha value is -2.31. The minimum atomic E-state index is -0.248. The van der Waals surface area contributed by atoms with Gasteiger partial charge in [-0.1, -0.05) is 37.6 Å². The predicted molar refractivity (Wildman–Crippen MR) is 100.0 cm³/mol. The molecule has 3 rings (SSSR count). The van der Waals surface area contributed by atoms with Gasteiger partial charge >= 0.3 is 0 Å². The van der Waals surface area contributed by atoms with Crippen molar-refractivity contribution in [3.05, 3.63) is 64.4 Å². The van der Waals surface area contributed by atoms with Crippen molar-refractivity contribution in [1.29, 1.82) is 0 Å². The van der Waals surface area contributed by atoms with Gasteiger partial charge in [-0.3, -0.25) is 4.79 Å². The highest BCUT2D eigenvalue weighted by molar-refractivity contribution is 7.13. The third kappa shape index (κ3) is 4.21. The second kappa shape index (κ2) is 7.29. The van der Waals surface area contributed by atoms with E-state index >= 15 is 0 Å². The smallest absolute Gasteiger partial charge is 0.270 e. The first kappa shape index (κ1) is 17.5. The second-order valence-corrected chi connectivity index (χ2v) is 7.48. The van der Waals surface area contributed by atoms with Crippen molar-refractivity contribution in [1.82, 2.24) is 20.3 Å². The van der Waals surface area contributed by atoms with Gasteiger partial charge in [0.25, 0.3) is 5.91 Å². The number of nitrogens with one attached hydrogen (secondary N) is 1. The average molecular weight is 373 g/mol. The zero-order valence-electron chi connectivity index (χ0n) is 13.9. The molecule has 2 aromatic heterocycles. The van der Waals surface area contributed by atoms with Crippen LogP contribution in [0.1, 0.15) is 29.9 Å². The number of nitrogens with zero attached hydrogens (tertiary/aromatic N) is 3. The lowest BCUT2D eigenvalue weighted by molar-refractivity contribution is 0.0941. The average Bonchev–Trinajstić information content (AvgIpc) is 3.11. The standard InChI is InChI=1S/C18H17ClN4OS/c1-18(2,12-5-3-6-13(19)9-12)11-22-16(24)14-10-25-17(23-14)15-20-7-4-8-21-15/h3-10H,11H2,1-2H3,(H,22,24). The fourth-order valence-corrected chi connectivity index (χ4v) is 3.23. The summed E-state index contributed by atoms with van der Waals surface area (Å²) in [5.41, 5.74) is 1.19. The van der Waals surface area contributed by atoms with Crippen LogP contribution in [-0.4, -0.2) is 27.4 Å². The number of hydrogen-bond acceptors (Lipinski definition) is 5. The summed E-state index contributed by atoms with van der Waals surface area (Å²) >= 11 is 7.41. The van der Waals surface area contributed by atoms with Crippen LogP contribution in [0.25, 0.3) is 10.8 Å². The van der Waals surface area contributed by atoms with Gasteiger partial charge in [0, 0.05) is 34.8 Å². The summed E-state index contributed by atoms with van der Waals surface area (Å²) in [5, 5.41) is 5.97. The Kier molecular flexibility index (Phi) is 5.11.